The Bertz CT molecular complexity index is 979. The van der Waals surface area contributed by atoms with Crippen molar-refractivity contribution in [2.24, 2.45) is 0 Å². The molecule has 2 amide bonds. The second-order valence-electron chi connectivity index (χ2n) is 9.80. The Morgan fingerprint density at radius 2 is 1.58 bits per heavy atom. The third-order valence-corrected chi connectivity index (χ3v) is 6.20. The zero-order valence-corrected chi connectivity index (χ0v) is 19.4. The molecule has 2 aromatic rings. The predicted octanol–water partition coefficient (Wildman–Crippen LogP) is 5.26. The number of alkyl halides is 1. The minimum Gasteiger partial charge on any atom is -0.448 e. The van der Waals surface area contributed by atoms with E-state index in [2.05, 4.69) is 29.6 Å². The lowest BCUT2D eigenvalue weighted by Crippen LogP contribution is -2.50. The van der Waals surface area contributed by atoms with Gasteiger partial charge in [0.1, 0.15) is 17.9 Å². The molecule has 1 heterocycles. The summed E-state index contributed by atoms with van der Waals surface area (Å²) in [5.41, 5.74) is 2.44. The number of amides is 2. The van der Waals surface area contributed by atoms with Gasteiger partial charge in [0, 0.05) is 31.8 Å². The van der Waals surface area contributed by atoms with E-state index >= 15 is 4.39 Å². The average Bonchev–Trinajstić information content (AvgIpc) is 3.09. The lowest BCUT2D eigenvalue weighted by Gasteiger charge is -2.36. The topological polar surface area (TPSA) is 67.9 Å². The van der Waals surface area contributed by atoms with E-state index in [-0.39, 0.29) is 45.0 Å². The van der Waals surface area contributed by atoms with Crippen LogP contribution in [0.2, 0.25) is 0 Å². The van der Waals surface area contributed by atoms with Gasteiger partial charge in [0.05, 0.1) is 6.54 Å². The number of fused-ring (bicyclic) bond motifs is 3. The van der Waals surface area contributed by atoms with E-state index in [0.29, 0.717) is 0 Å². The summed E-state index contributed by atoms with van der Waals surface area (Å²) in [5.74, 6) is -0.00978. The summed E-state index contributed by atoms with van der Waals surface area (Å²) in [4.78, 5) is 26.1. The Hall–Kier alpha value is -3.09. The second kappa shape index (κ2) is 9.04. The molecule has 0 spiro atoms. The highest BCUT2D eigenvalue weighted by atomic mass is 19.1. The average molecular weight is 455 g/mol. The van der Waals surface area contributed by atoms with Gasteiger partial charge in [0.2, 0.25) is 0 Å². The fraction of sp³-hybridized carbons (Fsp3) is 0.462. The monoisotopic (exact) mass is 454 g/mol. The first kappa shape index (κ1) is 23.1. The van der Waals surface area contributed by atoms with E-state index in [1.54, 1.807) is 20.8 Å². The van der Waals surface area contributed by atoms with Crippen molar-refractivity contribution in [1.29, 1.82) is 0 Å². The number of nitrogens with one attached hydrogen (secondary N) is 1. The minimum absolute atomic E-state index is 0.00978. The quantitative estimate of drug-likeness (QED) is 0.684. The van der Waals surface area contributed by atoms with Gasteiger partial charge in [-0.1, -0.05) is 48.5 Å². The number of rotatable bonds is 4. The number of ether oxygens (including phenoxy) is 2. The van der Waals surface area contributed by atoms with Crippen molar-refractivity contribution in [2.75, 3.05) is 26.2 Å². The lowest BCUT2D eigenvalue weighted by atomic mass is 9.93. The molecule has 4 rings (SSSR count). The van der Waals surface area contributed by atoms with Crippen LogP contribution < -0.4 is 5.32 Å². The number of halogens is 1. The maximum absolute atomic E-state index is 15.1. The molecule has 6 nitrogen and oxygen atoms in total. The first-order valence-corrected chi connectivity index (χ1v) is 11.4. The van der Waals surface area contributed by atoms with E-state index in [0.717, 1.165) is 11.1 Å². The molecule has 0 saturated carbocycles. The number of carbonyl (C=O) groups is 2. The highest BCUT2D eigenvalue weighted by Gasteiger charge is 2.38. The van der Waals surface area contributed by atoms with Gasteiger partial charge in [-0.05, 0) is 43.0 Å². The summed E-state index contributed by atoms with van der Waals surface area (Å²) < 4.78 is 26.0. The number of piperidine rings is 1. The summed E-state index contributed by atoms with van der Waals surface area (Å²) >= 11 is 0. The highest BCUT2D eigenvalue weighted by molar-refractivity contribution is 5.79. The third-order valence-electron chi connectivity index (χ3n) is 6.20. The van der Waals surface area contributed by atoms with Gasteiger partial charge >= 0.3 is 12.2 Å². The molecule has 7 heteroatoms. The van der Waals surface area contributed by atoms with Crippen LogP contribution in [0, 0.1) is 0 Å². The van der Waals surface area contributed by atoms with Gasteiger partial charge in [0.15, 0.2) is 0 Å². The molecule has 0 atom stereocenters. The lowest BCUT2D eigenvalue weighted by molar-refractivity contribution is 0.0298. The standard InChI is InChI=1S/C26H31FN2O4/c1-25(2,3)33-23(30)28-17-26(27)12-14-29(15-13-26)24(31)32-16-22-20-10-6-4-8-18(20)19-9-5-7-11-21(19)22/h4-11,22H,12-17H2,1-3H3,(H,28,30). The zero-order chi connectivity index (χ0) is 23.6. The molecule has 33 heavy (non-hydrogen) atoms. The van der Waals surface area contributed by atoms with E-state index in [1.807, 2.05) is 24.3 Å². The van der Waals surface area contributed by atoms with Gasteiger partial charge in [-0.3, -0.25) is 0 Å². The smallest absolute Gasteiger partial charge is 0.409 e. The van der Waals surface area contributed by atoms with E-state index in [4.69, 9.17) is 9.47 Å². The summed E-state index contributed by atoms with van der Waals surface area (Å²) in [6.07, 6.45) is -0.808. The molecule has 2 aromatic carbocycles. The maximum Gasteiger partial charge on any atom is 0.409 e. The number of hydrogen-bond donors (Lipinski definition) is 1. The molecule has 0 aromatic heterocycles. The summed E-state index contributed by atoms with van der Waals surface area (Å²) in [6, 6.07) is 16.3. The molecule has 0 unspecified atom stereocenters. The Morgan fingerprint density at radius 1 is 1.03 bits per heavy atom. The molecule has 1 N–H and O–H groups in total. The number of nitrogens with zero attached hydrogens (tertiary/aromatic N) is 1. The number of alkyl carbamates (subject to hydrolysis) is 1. The molecule has 0 radical (unpaired) electrons. The van der Waals surface area contributed by atoms with Crippen LogP contribution >= 0.6 is 0 Å². The van der Waals surface area contributed by atoms with Gasteiger partial charge in [0.25, 0.3) is 0 Å². The second-order valence-corrected chi connectivity index (χ2v) is 9.80. The Balaban J connectivity index is 1.29. The van der Waals surface area contributed by atoms with Crippen LogP contribution in [0.1, 0.15) is 50.7 Å². The van der Waals surface area contributed by atoms with Crippen molar-refractivity contribution in [3.63, 3.8) is 0 Å². The molecule has 1 aliphatic carbocycles. The van der Waals surface area contributed by atoms with E-state index < -0.39 is 23.5 Å². The molecule has 0 bridgehead atoms. The zero-order valence-electron chi connectivity index (χ0n) is 19.4. The fourth-order valence-corrected chi connectivity index (χ4v) is 4.50. The van der Waals surface area contributed by atoms with Crippen LogP contribution in [0.3, 0.4) is 0 Å². The van der Waals surface area contributed by atoms with Crippen molar-refractivity contribution in [1.82, 2.24) is 10.2 Å². The molecule has 1 saturated heterocycles. The van der Waals surface area contributed by atoms with Crippen molar-refractivity contribution in [2.45, 2.75) is 50.8 Å². The van der Waals surface area contributed by atoms with Gasteiger partial charge in [-0.15, -0.1) is 0 Å². The van der Waals surface area contributed by atoms with Crippen LogP contribution in [0.25, 0.3) is 11.1 Å². The fourth-order valence-electron chi connectivity index (χ4n) is 4.50. The van der Waals surface area contributed by atoms with Gasteiger partial charge < -0.3 is 19.7 Å². The molecule has 176 valence electrons. The van der Waals surface area contributed by atoms with E-state index in [1.165, 1.54) is 16.0 Å². The molecule has 1 fully saturated rings. The molecular weight excluding hydrogens is 423 g/mol. The largest absolute Gasteiger partial charge is 0.448 e. The maximum atomic E-state index is 15.1. The predicted molar refractivity (Wildman–Crippen MR) is 124 cm³/mol. The first-order valence-electron chi connectivity index (χ1n) is 11.4. The highest BCUT2D eigenvalue weighted by Crippen LogP contribution is 2.44. The van der Waals surface area contributed by atoms with Gasteiger partial charge in [-0.25, -0.2) is 14.0 Å². The Kier molecular flexibility index (Phi) is 6.32. The SMILES string of the molecule is CC(C)(C)OC(=O)NCC1(F)CCN(C(=O)OCC2c3ccccc3-c3ccccc32)CC1. The Morgan fingerprint density at radius 3 is 2.12 bits per heavy atom. The molecular formula is C26H31FN2O4. The number of likely N-dealkylation sites (tertiary alicyclic amines) is 1. The van der Waals surface area contributed by atoms with Crippen LogP contribution in [-0.4, -0.2) is 54.6 Å². The van der Waals surface area contributed by atoms with Crippen LogP contribution in [0.5, 0.6) is 0 Å². The van der Waals surface area contributed by atoms with Crippen molar-refractivity contribution >= 4 is 12.2 Å². The molecule has 1 aliphatic heterocycles. The number of carbonyl (C=O) groups excluding carboxylic acids is 2. The van der Waals surface area contributed by atoms with Crippen molar-refractivity contribution < 1.29 is 23.5 Å². The number of hydrogen-bond acceptors (Lipinski definition) is 4. The Labute approximate surface area is 194 Å². The van der Waals surface area contributed by atoms with E-state index in [9.17, 15) is 9.59 Å². The number of benzene rings is 2. The van der Waals surface area contributed by atoms with Crippen molar-refractivity contribution in [3.05, 3.63) is 59.7 Å². The first-order chi connectivity index (χ1) is 15.7. The van der Waals surface area contributed by atoms with Crippen LogP contribution in [0.15, 0.2) is 48.5 Å². The van der Waals surface area contributed by atoms with Crippen LogP contribution in [0.4, 0.5) is 14.0 Å². The summed E-state index contributed by atoms with van der Waals surface area (Å²) in [7, 11) is 0. The molecule has 2 aliphatic rings. The summed E-state index contributed by atoms with van der Waals surface area (Å²) in [6.45, 7) is 5.84. The minimum atomic E-state index is -1.57. The van der Waals surface area contributed by atoms with Crippen LogP contribution in [-0.2, 0) is 9.47 Å². The van der Waals surface area contributed by atoms with Crippen molar-refractivity contribution in [3.8, 4) is 11.1 Å². The third kappa shape index (κ3) is 5.29. The summed E-state index contributed by atoms with van der Waals surface area (Å²) in [5, 5.41) is 2.50. The van der Waals surface area contributed by atoms with Gasteiger partial charge in [-0.2, -0.15) is 0 Å². The normalized spacial score (nSPS) is 17.2.